The summed E-state index contributed by atoms with van der Waals surface area (Å²) in [4.78, 5) is 0. The number of allylic oxidation sites excluding steroid dienone is 4. The fourth-order valence-electron chi connectivity index (χ4n) is 1.74. The maximum Gasteiger partial charge on any atom is 0.143 e. The van der Waals surface area contributed by atoms with Gasteiger partial charge in [0.25, 0.3) is 0 Å². The van der Waals surface area contributed by atoms with Crippen LogP contribution in [-0.4, -0.2) is 22.8 Å². The SMILES string of the molecule is O=S(C1(Cl)C=CC(O)=CC1)C1(Cl)C=CC(O)=CC1. The Balaban J connectivity index is 2.23. The minimum Gasteiger partial charge on any atom is -0.508 e. The van der Waals surface area contributed by atoms with E-state index in [1.54, 1.807) is 0 Å². The van der Waals surface area contributed by atoms with Crippen molar-refractivity contribution in [3.05, 3.63) is 48.0 Å². The van der Waals surface area contributed by atoms with Crippen LogP contribution in [-0.2, 0) is 10.8 Å². The van der Waals surface area contributed by atoms with Gasteiger partial charge in [0.1, 0.15) is 19.9 Å². The second-order valence-corrected chi connectivity index (χ2v) is 7.97. The molecule has 0 saturated heterocycles. The lowest BCUT2D eigenvalue weighted by molar-refractivity contribution is 0.425. The monoisotopic (exact) mass is 306 g/mol. The van der Waals surface area contributed by atoms with Gasteiger partial charge in [-0.05, 0) is 36.5 Å². The van der Waals surface area contributed by atoms with Crippen LogP contribution < -0.4 is 0 Å². The van der Waals surface area contributed by atoms with E-state index in [1.807, 2.05) is 0 Å². The minimum atomic E-state index is -1.61. The van der Waals surface area contributed by atoms with Crippen LogP contribution in [0, 0.1) is 0 Å². The standard InChI is InChI=1S/C12H12Cl2O3S/c13-11(5-1-9(15)2-6-11)18(17)12(14)7-3-10(16)4-8-12/h1-5,7,15-16H,6,8H2. The summed E-state index contributed by atoms with van der Waals surface area (Å²) < 4.78 is 10.3. The van der Waals surface area contributed by atoms with Crippen LogP contribution in [0.5, 0.6) is 0 Å². The molecule has 18 heavy (non-hydrogen) atoms. The molecule has 0 amide bonds. The van der Waals surface area contributed by atoms with Crippen molar-refractivity contribution in [1.29, 1.82) is 0 Å². The fraction of sp³-hybridized carbons (Fsp3) is 0.333. The molecule has 2 N–H and O–H groups in total. The highest BCUT2D eigenvalue weighted by molar-refractivity contribution is 7.91. The Kier molecular flexibility index (Phi) is 3.63. The summed E-state index contributed by atoms with van der Waals surface area (Å²) in [5.74, 6) is 0.201. The van der Waals surface area contributed by atoms with Crippen molar-refractivity contribution in [2.75, 3.05) is 0 Å². The zero-order valence-corrected chi connectivity index (χ0v) is 11.7. The third-order valence-electron chi connectivity index (χ3n) is 2.80. The zero-order valence-electron chi connectivity index (χ0n) is 9.35. The molecular formula is C12H12Cl2O3S. The quantitative estimate of drug-likeness (QED) is 0.769. The second kappa shape index (κ2) is 4.76. The molecule has 0 aromatic heterocycles. The molecule has 2 aliphatic carbocycles. The van der Waals surface area contributed by atoms with E-state index in [9.17, 15) is 14.4 Å². The molecule has 2 aliphatic rings. The van der Waals surface area contributed by atoms with E-state index in [0.717, 1.165) is 0 Å². The third-order valence-corrected chi connectivity index (χ3v) is 6.04. The highest BCUT2D eigenvalue weighted by atomic mass is 35.5. The molecule has 2 atom stereocenters. The molecule has 0 aromatic carbocycles. The number of aliphatic hydroxyl groups is 2. The Labute approximate surface area is 118 Å². The predicted octanol–water partition coefficient (Wildman–Crippen LogP) is 3.41. The largest absolute Gasteiger partial charge is 0.508 e. The molecule has 2 rings (SSSR count). The molecule has 2 unspecified atom stereocenters. The van der Waals surface area contributed by atoms with Gasteiger partial charge in [0.2, 0.25) is 0 Å². The highest BCUT2D eigenvalue weighted by Gasteiger charge is 2.45. The maximum atomic E-state index is 12.5. The van der Waals surface area contributed by atoms with Gasteiger partial charge in [0, 0.05) is 12.8 Å². The van der Waals surface area contributed by atoms with E-state index in [2.05, 4.69) is 0 Å². The van der Waals surface area contributed by atoms with Gasteiger partial charge in [-0.2, -0.15) is 0 Å². The van der Waals surface area contributed by atoms with Crippen molar-refractivity contribution < 1.29 is 14.4 Å². The van der Waals surface area contributed by atoms with Gasteiger partial charge in [-0.25, -0.2) is 0 Å². The first kappa shape index (κ1) is 13.7. The van der Waals surface area contributed by atoms with Gasteiger partial charge >= 0.3 is 0 Å². The molecule has 0 aromatic rings. The molecular weight excluding hydrogens is 295 g/mol. The van der Waals surface area contributed by atoms with E-state index in [-0.39, 0.29) is 24.4 Å². The lowest BCUT2D eigenvalue weighted by atomic mass is 10.1. The summed E-state index contributed by atoms with van der Waals surface area (Å²) in [6.45, 7) is 0. The van der Waals surface area contributed by atoms with Crippen LogP contribution in [0.4, 0.5) is 0 Å². The molecule has 0 saturated carbocycles. The highest BCUT2D eigenvalue weighted by Crippen LogP contribution is 2.42. The molecule has 0 radical (unpaired) electrons. The molecule has 0 fully saturated rings. The van der Waals surface area contributed by atoms with Crippen molar-refractivity contribution in [3.63, 3.8) is 0 Å². The number of alkyl halides is 2. The van der Waals surface area contributed by atoms with Crippen molar-refractivity contribution >= 4 is 34.0 Å². The van der Waals surface area contributed by atoms with Gasteiger partial charge in [0.15, 0.2) is 0 Å². The minimum absolute atomic E-state index is 0.101. The average molecular weight is 307 g/mol. The second-order valence-electron chi connectivity index (χ2n) is 4.17. The third kappa shape index (κ3) is 2.51. The van der Waals surface area contributed by atoms with Crippen molar-refractivity contribution in [2.45, 2.75) is 21.3 Å². The van der Waals surface area contributed by atoms with Gasteiger partial charge in [-0.15, -0.1) is 0 Å². The first-order valence-electron chi connectivity index (χ1n) is 5.32. The number of aliphatic hydroxyl groups excluding tert-OH is 2. The average Bonchev–Trinajstić information content (AvgIpc) is 2.36. The maximum absolute atomic E-state index is 12.5. The number of halogens is 2. The van der Waals surface area contributed by atoms with Crippen LogP contribution in [0.2, 0.25) is 0 Å². The van der Waals surface area contributed by atoms with E-state index in [4.69, 9.17) is 23.2 Å². The predicted molar refractivity (Wildman–Crippen MR) is 74.2 cm³/mol. The van der Waals surface area contributed by atoms with Gasteiger partial charge in [0.05, 0.1) is 10.8 Å². The summed E-state index contributed by atoms with van der Waals surface area (Å²) in [7, 11) is -1.61. The summed E-state index contributed by atoms with van der Waals surface area (Å²) in [5, 5.41) is 18.5. The first-order valence-corrected chi connectivity index (χ1v) is 7.23. The molecule has 0 bridgehead atoms. The van der Waals surface area contributed by atoms with Crippen molar-refractivity contribution in [1.82, 2.24) is 0 Å². The lowest BCUT2D eigenvalue weighted by Crippen LogP contribution is -2.39. The Bertz CT molecular complexity index is 465. The summed E-state index contributed by atoms with van der Waals surface area (Å²) in [5.41, 5.74) is 0. The number of hydrogen-bond donors (Lipinski definition) is 2. The molecule has 98 valence electrons. The Morgan fingerprint density at radius 3 is 1.67 bits per heavy atom. The normalized spacial score (nSPS) is 37.0. The molecule has 6 heteroatoms. The topological polar surface area (TPSA) is 57.5 Å². The van der Waals surface area contributed by atoms with Crippen LogP contribution in [0.15, 0.2) is 48.0 Å². The Morgan fingerprint density at radius 2 is 1.39 bits per heavy atom. The zero-order chi connectivity index (χ0) is 13.4. The van der Waals surface area contributed by atoms with Crippen LogP contribution >= 0.6 is 23.2 Å². The number of hydrogen-bond acceptors (Lipinski definition) is 3. The Morgan fingerprint density at radius 1 is 1.00 bits per heavy atom. The van der Waals surface area contributed by atoms with Gasteiger partial charge in [-0.1, -0.05) is 23.2 Å². The van der Waals surface area contributed by atoms with Gasteiger partial charge in [-0.3, -0.25) is 4.21 Å². The Hall–Kier alpha value is -0.710. The summed E-state index contributed by atoms with van der Waals surface area (Å²) >= 11 is 12.6. The summed E-state index contributed by atoms with van der Waals surface area (Å²) in [6.07, 6.45) is 9.30. The fourth-order valence-corrected chi connectivity index (χ4v) is 4.38. The molecule has 0 aliphatic heterocycles. The van der Waals surface area contributed by atoms with E-state index < -0.39 is 19.2 Å². The summed E-state index contributed by atoms with van der Waals surface area (Å²) in [6, 6.07) is 0. The molecule has 0 heterocycles. The van der Waals surface area contributed by atoms with Crippen molar-refractivity contribution in [3.8, 4) is 0 Å². The van der Waals surface area contributed by atoms with Crippen molar-refractivity contribution in [2.24, 2.45) is 0 Å². The van der Waals surface area contributed by atoms with Crippen LogP contribution in [0.25, 0.3) is 0 Å². The molecule has 0 spiro atoms. The van der Waals surface area contributed by atoms with E-state index in [1.165, 1.54) is 36.5 Å². The first-order chi connectivity index (χ1) is 8.36. The van der Waals surface area contributed by atoms with Gasteiger partial charge < -0.3 is 10.2 Å². The van der Waals surface area contributed by atoms with E-state index >= 15 is 0 Å². The lowest BCUT2D eigenvalue weighted by Gasteiger charge is -2.33. The van der Waals surface area contributed by atoms with Crippen LogP contribution in [0.1, 0.15) is 12.8 Å². The van der Waals surface area contributed by atoms with E-state index in [0.29, 0.717) is 0 Å². The molecule has 3 nitrogen and oxygen atoms in total. The van der Waals surface area contributed by atoms with Crippen LogP contribution in [0.3, 0.4) is 0 Å². The smallest absolute Gasteiger partial charge is 0.143 e. The number of rotatable bonds is 2.